The van der Waals surface area contributed by atoms with Crippen molar-refractivity contribution in [1.29, 1.82) is 0 Å². The van der Waals surface area contributed by atoms with Crippen LogP contribution in [-0.2, 0) is 28.0 Å². The number of anilines is 1. The summed E-state index contributed by atoms with van der Waals surface area (Å²) in [5.41, 5.74) is 12.4. The van der Waals surface area contributed by atoms with Crippen LogP contribution in [-0.4, -0.2) is 24.1 Å². The van der Waals surface area contributed by atoms with Gasteiger partial charge in [0, 0.05) is 27.9 Å². The zero-order valence-corrected chi connectivity index (χ0v) is 20.1. The number of primary amides is 1. The van der Waals surface area contributed by atoms with Gasteiger partial charge in [-0.3, -0.25) is 0 Å². The molecule has 0 saturated carbocycles. The molecular formula is C21H22Cl2N4O5S. The lowest BCUT2D eigenvalue weighted by atomic mass is 10.1. The second-order valence-corrected chi connectivity index (χ2v) is 9.79. The van der Waals surface area contributed by atoms with Crippen LogP contribution in [0.4, 0.5) is 10.5 Å². The highest BCUT2D eigenvalue weighted by Crippen LogP contribution is 2.31. The fourth-order valence-corrected chi connectivity index (χ4v) is 5.01. The van der Waals surface area contributed by atoms with Gasteiger partial charge in [-0.05, 0) is 29.7 Å². The highest BCUT2D eigenvalue weighted by molar-refractivity contribution is 7.87. The lowest BCUT2D eigenvalue weighted by Gasteiger charge is -2.15. The molecule has 0 bridgehead atoms. The van der Waals surface area contributed by atoms with Gasteiger partial charge in [-0.1, -0.05) is 49.2 Å². The van der Waals surface area contributed by atoms with Gasteiger partial charge in [0.05, 0.1) is 12.2 Å². The third-order valence-corrected chi connectivity index (χ3v) is 6.27. The fraction of sp³-hybridized carbons (Fsp3) is 0.238. The molecule has 0 radical (unpaired) electrons. The number of ether oxygens (including phenoxy) is 1. The number of hydrogen-bond donors (Lipinski definition) is 2. The molecule has 0 saturated heterocycles. The smallest absolute Gasteiger partial charge is 0.404 e. The summed E-state index contributed by atoms with van der Waals surface area (Å²) in [4.78, 5) is 15.6. The van der Waals surface area contributed by atoms with Crippen molar-refractivity contribution in [3.63, 3.8) is 0 Å². The molecular weight excluding hydrogens is 491 g/mol. The first-order chi connectivity index (χ1) is 15.5. The molecule has 176 valence electrons. The Balaban J connectivity index is 2.15. The number of halogens is 2. The van der Waals surface area contributed by atoms with E-state index in [1.54, 1.807) is 38.1 Å². The first-order valence-electron chi connectivity index (χ1n) is 9.73. The van der Waals surface area contributed by atoms with E-state index in [9.17, 15) is 13.2 Å². The maximum atomic E-state index is 13.4. The summed E-state index contributed by atoms with van der Waals surface area (Å²) in [5.74, 6) is -0.181. The predicted molar refractivity (Wildman–Crippen MR) is 125 cm³/mol. The van der Waals surface area contributed by atoms with Crippen LogP contribution in [0.1, 0.15) is 36.8 Å². The molecule has 0 aliphatic rings. The molecule has 12 heteroatoms. The van der Waals surface area contributed by atoms with Gasteiger partial charge in [0.1, 0.15) is 11.6 Å². The van der Waals surface area contributed by atoms with Gasteiger partial charge < -0.3 is 25.0 Å². The number of carbonyl (C=O) groups excluding carboxylic acids is 1. The van der Waals surface area contributed by atoms with Crippen molar-refractivity contribution in [3.05, 3.63) is 69.6 Å². The molecule has 3 rings (SSSR count). The molecule has 4 N–H and O–H groups in total. The van der Waals surface area contributed by atoms with Crippen molar-refractivity contribution in [3.8, 4) is 5.75 Å². The van der Waals surface area contributed by atoms with Crippen LogP contribution in [0.5, 0.6) is 5.75 Å². The largest absolute Gasteiger partial charge is 0.442 e. The number of carbonyl (C=O) groups is 1. The second kappa shape index (κ2) is 9.90. The second-order valence-electron chi connectivity index (χ2n) is 7.45. The number of amides is 1. The van der Waals surface area contributed by atoms with Crippen LogP contribution in [0.2, 0.25) is 10.0 Å². The minimum atomic E-state index is -4.41. The Bertz CT molecular complexity index is 1250. The van der Waals surface area contributed by atoms with Crippen LogP contribution in [0.25, 0.3) is 0 Å². The molecule has 0 fully saturated rings. The number of nitrogen functional groups attached to an aromatic ring is 1. The summed E-state index contributed by atoms with van der Waals surface area (Å²) in [6.07, 6.45) is -1.02. The third kappa shape index (κ3) is 6.10. The summed E-state index contributed by atoms with van der Waals surface area (Å²) in [5, 5.41) is 0.235. The molecule has 0 aliphatic heterocycles. The van der Waals surface area contributed by atoms with Crippen LogP contribution < -0.4 is 15.7 Å². The average molecular weight is 513 g/mol. The molecule has 33 heavy (non-hydrogen) atoms. The molecule has 0 aliphatic carbocycles. The molecule has 0 spiro atoms. The van der Waals surface area contributed by atoms with Gasteiger partial charge in [-0.25, -0.2) is 9.78 Å². The van der Waals surface area contributed by atoms with E-state index in [-0.39, 0.29) is 51.4 Å². The minimum Gasteiger partial charge on any atom is -0.442 e. The summed E-state index contributed by atoms with van der Waals surface area (Å²) in [6, 6.07) is 11.0. The van der Waals surface area contributed by atoms with Crippen molar-refractivity contribution in [2.75, 3.05) is 5.73 Å². The summed E-state index contributed by atoms with van der Waals surface area (Å²) < 4.78 is 38.6. The molecule has 1 amide bonds. The van der Waals surface area contributed by atoms with Crippen molar-refractivity contribution >= 4 is 45.1 Å². The molecule has 0 unspecified atom stereocenters. The highest BCUT2D eigenvalue weighted by atomic mass is 35.5. The van der Waals surface area contributed by atoms with E-state index in [1.165, 1.54) is 22.8 Å². The Morgan fingerprint density at radius 2 is 1.73 bits per heavy atom. The lowest BCUT2D eigenvalue weighted by Crippen LogP contribution is -2.20. The monoisotopic (exact) mass is 512 g/mol. The van der Waals surface area contributed by atoms with E-state index in [2.05, 4.69) is 4.98 Å². The quantitative estimate of drug-likeness (QED) is 0.338. The first-order valence-corrected chi connectivity index (χ1v) is 11.9. The number of imidazole rings is 1. The maximum Gasteiger partial charge on any atom is 0.404 e. The molecule has 3 aromatic rings. The normalized spacial score (nSPS) is 11.5. The van der Waals surface area contributed by atoms with Gasteiger partial charge in [0.25, 0.3) is 0 Å². The summed E-state index contributed by atoms with van der Waals surface area (Å²) in [6.45, 7) is 3.32. The number of rotatable bonds is 8. The Morgan fingerprint density at radius 3 is 2.27 bits per heavy atom. The maximum absolute atomic E-state index is 13.4. The molecule has 9 nitrogen and oxygen atoms in total. The van der Waals surface area contributed by atoms with E-state index in [4.69, 9.17) is 43.6 Å². The number of benzene rings is 2. The Kier molecular flexibility index (Phi) is 7.41. The van der Waals surface area contributed by atoms with Crippen LogP contribution >= 0.6 is 23.2 Å². The number of nitrogens with zero attached hydrogens (tertiary/aromatic N) is 2. The fourth-order valence-electron chi connectivity index (χ4n) is 3.10. The van der Waals surface area contributed by atoms with E-state index < -0.39 is 16.2 Å². The third-order valence-electron chi connectivity index (χ3n) is 4.51. The Morgan fingerprint density at radius 1 is 1.12 bits per heavy atom. The standard InChI is InChI=1S/C21H22Cl2N4O5S/c1-12(2)19-20(33(29,30)32-17-8-14(22)7-15(23)9-17)27(18(26-19)11-31-21(25)28)10-13-3-5-16(24)6-4-13/h3-9,12H,10-11,24H2,1-2H3,(H2,25,28). The summed E-state index contributed by atoms with van der Waals surface area (Å²) >= 11 is 12.0. The SMILES string of the molecule is CC(C)c1nc(COC(N)=O)n(Cc2ccc(N)cc2)c1S(=O)(=O)Oc1cc(Cl)cc(Cl)c1. The summed E-state index contributed by atoms with van der Waals surface area (Å²) in [7, 11) is -4.41. The van der Waals surface area contributed by atoms with E-state index in [0.29, 0.717) is 5.69 Å². The molecule has 2 aromatic carbocycles. The number of aromatic nitrogens is 2. The van der Waals surface area contributed by atoms with Crippen molar-refractivity contribution < 1.29 is 22.1 Å². The van der Waals surface area contributed by atoms with Gasteiger partial charge in [-0.15, -0.1) is 0 Å². The van der Waals surface area contributed by atoms with Crippen molar-refractivity contribution in [2.45, 2.75) is 37.9 Å². The molecule has 1 heterocycles. The van der Waals surface area contributed by atoms with Gasteiger partial charge in [0.15, 0.2) is 11.6 Å². The predicted octanol–water partition coefficient (Wildman–Crippen LogP) is 4.31. The van der Waals surface area contributed by atoms with Crippen LogP contribution in [0.3, 0.4) is 0 Å². The highest BCUT2D eigenvalue weighted by Gasteiger charge is 2.32. The van der Waals surface area contributed by atoms with Gasteiger partial charge in [0.2, 0.25) is 0 Å². The first kappa shape index (κ1) is 24.7. The van der Waals surface area contributed by atoms with Gasteiger partial charge >= 0.3 is 16.2 Å². The van der Waals surface area contributed by atoms with E-state index in [1.807, 2.05) is 0 Å². The zero-order chi connectivity index (χ0) is 24.3. The van der Waals surface area contributed by atoms with Crippen molar-refractivity contribution in [2.24, 2.45) is 5.73 Å². The minimum absolute atomic E-state index is 0.0580. The Hall–Kier alpha value is -2.95. The van der Waals surface area contributed by atoms with Crippen molar-refractivity contribution in [1.82, 2.24) is 9.55 Å². The number of hydrogen-bond acceptors (Lipinski definition) is 7. The van der Waals surface area contributed by atoms with E-state index in [0.717, 1.165) is 5.56 Å². The van der Waals surface area contributed by atoms with Crippen LogP contribution in [0, 0.1) is 0 Å². The van der Waals surface area contributed by atoms with E-state index >= 15 is 0 Å². The average Bonchev–Trinajstić information content (AvgIpc) is 3.06. The topological polar surface area (TPSA) is 140 Å². The molecule has 0 atom stereocenters. The molecule has 1 aromatic heterocycles. The van der Waals surface area contributed by atoms with Crippen LogP contribution in [0.15, 0.2) is 47.5 Å². The Labute approximate surface area is 201 Å². The number of nitrogens with two attached hydrogens (primary N) is 2. The zero-order valence-electron chi connectivity index (χ0n) is 17.8. The lowest BCUT2D eigenvalue weighted by molar-refractivity contribution is 0.145. The van der Waals surface area contributed by atoms with Gasteiger partial charge in [-0.2, -0.15) is 8.42 Å².